The quantitative estimate of drug-likeness (QED) is 0.771. The summed E-state index contributed by atoms with van der Waals surface area (Å²) in [6.07, 6.45) is 0.160. The van der Waals surface area contributed by atoms with E-state index in [4.69, 9.17) is 10.00 Å². The number of hydrogen-bond acceptors (Lipinski definition) is 3. The molecule has 0 fully saturated rings. The largest absolute Gasteiger partial charge is 0.459 e. The molecule has 2 atom stereocenters. The second-order valence-corrected chi connectivity index (χ2v) is 4.26. The van der Waals surface area contributed by atoms with Crippen LogP contribution in [0.4, 0.5) is 4.39 Å². The number of carbonyl (C=O) groups is 1. The Bertz CT molecular complexity index is 464. The number of nitrogens with zero attached hydrogens (tertiary/aromatic N) is 1. The second-order valence-electron chi connectivity index (χ2n) is 4.26. The molecular weight excluding hydrogens is 233 g/mol. The number of alkyl halides is 1. The molecule has 0 spiro atoms. The van der Waals surface area contributed by atoms with E-state index >= 15 is 0 Å². The highest BCUT2D eigenvalue weighted by molar-refractivity contribution is 5.84. The van der Waals surface area contributed by atoms with E-state index in [-0.39, 0.29) is 5.56 Å². The minimum atomic E-state index is -2.74. The molecule has 0 heterocycles. The molecule has 0 aromatic heterocycles. The maximum Gasteiger partial charge on any atom is 0.364 e. The first-order valence-electron chi connectivity index (χ1n) is 5.82. The van der Waals surface area contributed by atoms with Gasteiger partial charge in [-0.15, -0.1) is 0 Å². The average molecular weight is 249 g/mol. The predicted molar refractivity (Wildman–Crippen MR) is 65.4 cm³/mol. The van der Waals surface area contributed by atoms with Gasteiger partial charge in [0.25, 0.3) is 0 Å². The highest BCUT2D eigenvalue weighted by Crippen LogP contribution is 2.28. The summed E-state index contributed by atoms with van der Waals surface area (Å²) in [4.78, 5) is 11.7. The van der Waals surface area contributed by atoms with Crippen molar-refractivity contribution in [3.63, 3.8) is 0 Å². The van der Waals surface area contributed by atoms with Crippen molar-refractivity contribution in [2.24, 2.45) is 0 Å². The molecule has 0 bridgehead atoms. The maximum absolute atomic E-state index is 14.4. The van der Waals surface area contributed by atoms with Crippen molar-refractivity contribution < 1.29 is 13.9 Å². The highest BCUT2D eigenvalue weighted by Gasteiger charge is 2.43. The Morgan fingerprint density at radius 1 is 1.50 bits per heavy atom. The van der Waals surface area contributed by atoms with Gasteiger partial charge >= 0.3 is 11.6 Å². The molecule has 0 aliphatic heterocycles. The number of rotatable bonds is 4. The van der Waals surface area contributed by atoms with Crippen LogP contribution in [-0.4, -0.2) is 12.1 Å². The van der Waals surface area contributed by atoms with Crippen LogP contribution in [0.15, 0.2) is 24.3 Å². The zero-order chi connectivity index (χ0) is 13.8. The third-order valence-corrected chi connectivity index (χ3v) is 2.77. The Kier molecular flexibility index (Phi) is 4.43. The first kappa shape index (κ1) is 14.2. The van der Waals surface area contributed by atoms with Gasteiger partial charge in [0.05, 0.1) is 6.10 Å². The summed E-state index contributed by atoms with van der Waals surface area (Å²) in [5, 5.41) is 8.94. The Morgan fingerprint density at radius 3 is 2.50 bits per heavy atom. The standard InChI is InChI=1S/C14H16FNO2/c1-4-11(3)18-13(17)14(15,9-16)12-7-5-10(2)6-8-12/h5-8,11H,4H2,1-3H3/t11-,14+/m0/s1. The minimum absolute atomic E-state index is 0.00361. The van der Waals surface area contributed by atoms with Crippen LogP contribution < -0.4 is 0 Å². The number of carbonyl (C=O) groups excluding carboxylic acids is 1. The molecule has 1 aromatic rings. The molecule has 0 aliphatic rings. The van der Waals surface area contributed by atoms with Crippen LogP contribution in [0, 0.1) is 18.3 Å². The van der Waals surface area contributed by atoms with E-state index in [0.29, 0.717) is 6.42 Å². The predicted octanol–water partition coefficient (Wildman–Crippen LogP) is 3.03. The molecule has 18 heavy (non-hydrogen) atoms. The lowest BCUT2D eigenvalue weighted by Crippen LogP contribution is -2.33. The third-order valence-electron chi connectivity index (χ3n) is 2.77. The molecule has 0 saturated heterocycles. The van der Waals surface area contributed by atoms with E-state index in [0.717, 1.165) is 5.56 Å². The van der Waals surface area contributed by atoms with Gasteiger partial charge in [-0.2, -0.15) is 5.26 Å². The van der Waals surface area contributed by atoms with Gasteiger partial charge in [0.2, 0.25) is 0 Å². The summed E-state index contributed by atoms with van der Waals surface area (Å²) in [5.41, 5.74) is -1.81. The second kappa shape index (κ2) is 5.63. The lowest BCUT2D eigenvalue weighted by Gasteiger charge is -2.19. The smallest absolute Gasteiger partial charge is 0.364 e. The van der Waals surface area contributed by atoms with Gasteiger partial charge in [-0.25, -0.2) is 9.18 Å². The van der Waals surface area contributed by atoms with Gasteiger partial charge in [-0.05, 0) is 20.3 Å². The summed E-state index contributed by atoms with van der Waals surface area (Å²) in [7, 11) is 0. The van der Waals surface area contributed by atoms with Gasteiger partial charge < -0.3 is 4.74 Å². The van der Waals surface area contributed by atoms with Gasteiger partial charge in [0, 0.05) is 5.56 Å². The molecule has 0 N–H and O–H groups in total. The van der Waals surface area contributed by atoms with Crippen LogP contribution in [0.2, 0.25) is 0 Å². The minimum Gasteiger partial charge on any atom is -0.459 e. The lowest BCUT2D eigenvalue weighted by atomic mass is 9.96. The van der Waals surface area contributed by atoms with Crippen molar-refractivity contribution in [2.75, 3.05) is 0 Å². The molecule has 0 aliphatic carbocycles. The molecule has 3 nitrogen and oxygen atoms in total. The highest BCUT2D eigenvalue weighted by atomic mass is 19.1. The summed E-state index contributed by atoms with van der Waals surface area (Å²) < 4.78 is 19.3. The molecule has 4 heteroatoms. The van der Waals surface area contributed by atoms with Gasteiger partial charge in [-0.3, -0.25) is 0 Å². The van der Waals surface area contributed by atoms with Gasteiger partial charge in [0.15, 0.2) is 0 Å². The Labute approximate surface area is 106 Å². The molecule has 1 aromatic carbocycles. The van der Waals surface area contributed by atoms with Crippen molar-refractivity contribution in [3.05, 3.63) is 35.4 Å². The van der Waals surface area contributed by atoms with E-state index < -0.39 is 17.7 Å². The van der Waals surface area contributed by atoms with Crippen LogP contribution in [0.3, 0.4) is 0 Å². The SMILES string of the molecule is CC[C@H](C)OC(=O)[C@@](F)(C#N)c1ccc(C)cc1. The van der Waals surface area contributed by atoms with Crippen LogP contribution in [0.5, 0.6) is 0 Å². The van der Waals surface area contributed by atoms with E-state index in [2.05, 4.69) is 0 Å². The van der Waals surface area contributed by atoms with Crippen LogP contribution in [-0.2, 0) is 15.2 Å². The molecule has 0 radical (unpaired) electrons. The first-order chi connectivity index (χ1) is 8.43. The molecule has 0 amide bonds. The first-order valence-corrected chi connectivity index (χ1v) is 5.82. The van der Waals surface area contributed by atoms with E-state index in [9.17, 15) is 9.18 Å². The number of aryl methyl sites for hydroxylation is 1. The Hall–Kier alpha value is -1.89. The number of nitriles is 1. The van der Waals surface area contributed by atoms with Crippen molar-refractivity contribution in [1.29, 1.82) is 5.26 Å². The average Bonchev–Trinajstić information content (AvgIpc) is 2.38. The summed E-state index contributed by atoms with van der Waals surface area (Å²) in [6.45, 7) is 5.31. The van der Waals surface area contributed by atoms with E-state index in [1.54, 1.807) is 19.1 Å². The zero-order valence-electron chi connectivity index (χ0n) is 10.7. The molecule has 1 rings (SSSR count). The third kappa shape index (κ3) is 2.86. The number of ether oxygens (including phenoxy) is 1. The zero-order valence-corrected chi connectivity index (χ0v) is 10.7. The van der Waals surface area contributed by atoms with Gasteiger partial charge in [-0.1, -0.05) is 36.8 Å². The number of esters is 1. The molecular formula is C14H16FNO2. The maximum atomic E-state index is 14.4. The van der Waals surface area contributed by atoms with E-state index in [1.807, 2.05) is 13.8 Å². The summed E-state index contributed by atoms with van der Waals surface area (Å²) in [5.74, 6) is -1.15. The lowest BCUT2D eigenvalue weighted by molar-refractivity contribution is -0.159. The fourth-order valence-electron chi connectivity index (χ4n) is 1.36. The fraction of sp³-hybridized carbons (Fsp3) is 0.429. The number of halogens is 1. The number of benzene rings is 1. The normalized spacial score (nSPS) is 15.3. The van der Waals surface area contributed by atoms with Crippen molar-refractivity contribution in [1.82, 2.24) is 0 Å². The molecule has 0 saturated carbocycles. The Balaban J connectivity index is 3.02. The number of hydrogen-bond donors (Lipinski definition) is 0. The monoisotopic (exact) mass is 249 g/mol. The summed E-state index contributed by atoms with van der Waals surface area (Å²) in [6, 6.07) is 7.56. The summed E-state index contributed by atoms with van der Waals surface area (Å²) >= 11 is 0. The fourth-order valence-corrected chi connectivity index (χ4v) is 1.36. The molecule has 96 valence electrons. The van der Waals surface area contributed by atoms with E-state index in [1.165, 1.54) is 18.2 Å². The van der Waals surface area contributed by atoms with Crippen LogP contribution >= 0.6 is 0 Å². The molecule has 0 unspecified atom stereocenters. The topological polar surface area (TPSA) is 50.1 Å². The van der Waals surface area contributed by atoms with Crippen LogP contribution in [0.25, 0.3) is 0 Å². The van der Waals surface area contributed by atoms with Gasteiger partial charge in [0.1, 0.15) is 6.07 Å². The van der Waals surface area contributed by atoms with Crippen molar-refractivity contribution >= 4 is 5.97 Å². The van der Waals surface area contributed by atoms with Crippen molar-refractivity contribution in [3.8, 4) is 6.07 Å². The van der Waals surface area contributed by atoms with Crippen LogP contribution in [0.1, 0.15) is 31.4 Å². The Morgan fingerprint density at radius 2 is 2.06 bits per heavy atom. The van der Waals surface area contributed by atoms with Crippen molar-refractivity contribution in [2.45, 2.75) is 39.0 Å².